The maximum atomic E-state index is 6.02. The molecule has 2 unspecified atom stereocenters. The average molecular weight is 310 g/mol. The molecule has 3 heterocycles. The normalized spacial score (nSPS) is 24.6. The monoisotopic (exact) mass is 310 g/mol. The minimum atomic E-state index is 0.269. The minimum Gasteiger partial charge on any atom is -0.384 e. The van der Waals surface area contributed by atoms with Gasteiger partial charge in [-0.25, -0.2) is 4.98 Å². The summed E-state index contributed by atoms with van der Waals surface area (Å²) in [6, 6.07) is 15.0. The fraction of sp³-hybridized carbons (Fsp3) is 0.389. The summed E-state index contributed by atoms with van der Waals surface area (Å²) >= 11 is 0. The number of pyridine rings is 1. The summed E-state index contributed by atoms with van der Waals surface area (Å²) < 4.78 is 6.02. The SMILES string of the molecule is Nc1ccc(N2CC3OCCN(Cc4ccccc4)C3C2)cn1. The molecule has 2 aliphatic rings. The Bertz CT molecular complexity index is 646. The second-order valence-corrected chi connectivity index (χ2v) is 6.28. The molecule has 0 bridgehead atoms. The Balaban J connectivity index is 1.49. The van der Waals surface area contributed by atoms with Crippen LogP contribution in [0.15, 0.2) is 48.7 Å². The Morgan fingerprint density at radius 1 is 1.13 bits per heavy atom. The summed E-state index contributed by atoms with van der Waals surface area (Å²) in [5.41, 5.74) is 8.17. The number of fused-ring (bicyclic) bond motifs is 1. The zero-order valence-electron chi connectivity index (χ0n) is 13.1. The van der Waals surface area contributed by atoms with Crippen LogP contribution in [0.25, 0.3) is 0 Å². The Labute approximate surface area is 136 Å². The van der Waals surface area contributed by atoms with E-state index in [9.17, 15) is 0 Å². The van der Waals surface area contributed by atoms with Crippen molar-refractivity contribution in [1.29, 1.82) is 0 Å². The third-order valence-electron chi connectivity index (χ3n) is 4.78. The van der Waals surface area contributed by atoms with Crippen LogP contribution in [-0.4, -0.2) is 48.3 Å². The standard InChI is InChI=1S/C18H22N4O/c19-18-7-6-15(10-20-18)22-12-16-17(13-22)23-9-8-21(16)11-14-4-2-1-3-5-14/h1-7,10,16-17H,8-9,11-13H2,(H2,19,20). The topological polar surface area (TPSA) is 54.6 Å². The van der Waals surface area contributed by atoms with Crippen LogP contribution in [0.4, 0.5) is 11.5 Å². The van der Waals surface area contributed by atoms with Crippen molar-refractivity contribution in [2.75, 3.05) is 36.9 Å². The highest BCUT2D eigenvalue weighted by molar-refractivity contribution is 5.49. The number of benzene rings is 1. The van der Waals surface area contributed by atoms with Crippen molar-refractivity contribution in [3.63, 3.8) is 0 Å². The smallest absolute Gasteiger partial charge is 0.123 e. The fourth-order valence-corrected chi connectivity index (χ4v) is 3.57. The predicted molar refractivity (Wildman–Crippen MR) is 91.2 cm³/mol. The Morgan fingerprint density at radius 2 is 2.00 bits per heavy atom. The van der Waals surface area contributed by atoms with Gasteiger partial charge in [-0.3, -0.25) is 4.90 Å². The van der Waals surface area contributed by atoms with Crippen LogP contribution in [-0.2, 0) is 11.3 Å². The molecule has 2 N–H and O–H groups in total. The van der Waals surface area contributed by atoms with Crippen LogP contribution in [0.2, 0.25) is 0 Å². The first-order valence-corrected chi connectivity index (χ1v) is 8.16. The molecule has 0 amide bonds. The summed E-state index contributed by atoms with van der Waals surface area (Å²) in [5, 5.41) is 0. The van der Waals surface area contributed by atoms with Gasteiger partial charge >= 0.3 is 0 Å². The van der Waals surface area contributed by atoms with E-state index in [1.807, 2.05) is 18.3 Å². The Kier molecular flexibility index (Phi) is 3.89. The molecular formula is C18H22N4O. The molecule has 5 nitrogen and oxygen atoms in total. The quantitative estimate of drug-likeness (QED) is 0.936. The second-order valence-electron chi connectivity index (χ2n) is 6.28. The molecule has 2 fully saturated rings. The van der Waals surface area contributed by atoms with Gasteiger partial charge in [0.1, 0.15) is 5.82 Å². The lowest BCUT2D eigenvalue weighted by molar-refractivity contribution is -0.0499. The zero-order valence-corrected chi connectivity index (χ0v) is 13.1. The lowest BCUT2D eigenvalue weighted by Crippen LogP contribution is -2.50. The molecular weight excluding hydrogens is 288 g/mol. The number of nitrogen functional groups attached to an aromatic ring is 1. The first kappa shape index (κ1) is 14.5. The van der Waals surface area contributed by atoms with Gasteiger partial charge in [-0.2, -0.15) is 0 Å². The summed E-state index contributed by atoms with van der Waals surface area (Å²) in [6.45, 7) is 4.68. The van der Waals surface area contributed by atoms with E-state index in [-0.39, 0.29) is 6.10 Å². The van der Waals surface area contributed by atoms with Crippen molar-refractivity contribution in [3.8, 4) is 0 Å². The first-order valence-electron chi connectivity index (χ1n) is 8.16. The van der Waals surface area contributed by atoms with Crippen LogP contribution in [0, 0.1) is 0 Å². The van der Waals surface area contributed by atoms with Gasteiger partial charge in [0.25, 0.3) is 0 Å². The molecule has 2 atom stereocenters. The minimum absolute atomic E-state index is 0.269. The molecule has 0 radical (unpaired) electrons. The number of rotatable bonds is 3. The summed E-state index contributed by atoms with van der Waals surface area (Å²) in [5.74, 6) is 0.562. The molecule has 2 saturated heterocycles. The molecule has 0 aliphatic carbocycles. The van der Waals surface area contributed by atoms with Crippen molar-refractivity contribution in [3.05, 3.63) is 54.2 Å². The molecule has 0 spiro atoms. The molecule has 4 rings (SSSR count). The number of ether oxygens (including phenoxy) is 1. The average Bonchev–Trinajstić information content (AvgIpc) is 3.02. The number of nitrogens with zero attached hydrogens (tertiary/aromatic N) is 3. The molecule has 5 heteroatoms. The Morgan fingerprint density at radius 3 is 2.78 bits per heavy atom. The van der Waals surface area contributed by atoms with Crippen molar-refractivity contribution in [1.82, 2.24) is 9.88 Å². The highest BCUT2D eigenvalue weighted by Crippen LogP contribution is 2.28. The second kappa shape index (κ2) is 6.18. The number of morpholine rings is 1. The highest BCUT2D eigenvalue weighted by atomic mass is 16.5. The predicted octanol–water partition coefficient (Wildman–Crippen LogP) is 1.75. The largest absolute Gasteiger partial charge is 0.384 e. The molecule has 23 heavy (non-hydrogen) atoms. The van der Waals surface area contributed by atoms with Gasteiger partial charge in [0.05, 0.1) is 30.6 Å². The first-order chi connectivity index (χ1) is 11.3. The lowest BCUT2D eigenvalue weighted by Gasteiger charge is -2.36. The number of nitrogens with two attached hydrogens (primary N) is 1. The van der Waals surface area contributed by atoms with E-state index in [1.165, 1.54) is 5.56 Å². The van der Waals surface area contributed by atoms with E-state index in [4.69, 9.17) is 10.5 Å². The van der Waals surface area contributed by atoms with Gasteiger partial charge < -0.3 is 15.4 Å². The maximum absolute atomic E-state index is 6.02. The van der Waals surface area contributed by atoms with E-state index >= 15 is 0 Å². The number of anilines is 2. The maximum Gasteiger partial charge on any atom is 0.123 e. The van der Waals surface area contributed by atoms with Crippen molar-refractivity contribution in [2.45, 2.75) is 18.7 Å². The van der Waals surface area contributed by atoms with Crippen LogP contribution in [0.5, 0.6) is 0 Å². The van der Waals surface area contributed by atoms with Crippen LogP contribution < -0.4 is 10.6 Å². The molecule has 2 aromatic rings. The van der Waals surface area contributed by atoms with Gasteiger partial charge in [-0.15, -0.1) is 0 Å². The van der Waals surface area contributed by atoms with Crippen molar-refractivity contribution >= 4 is 11.5 Å². The zero-order chi connectivity index (χ0) is 15.6. The van der Waals surface area contributed by atoms with Gasteiger partial charge in [0, 0.05) is 26.2 Å². The van der Waals surface area contributed by atoms with Crippen molar-refractivity contribution < 1.29 is 4.74 Å². The van der Waals surface area contributed by atoms with Gasteiger partial charge in [-0.05, 0) is 17.7 Å². The lowest BCUT2D eigenvalue weighted by atomic mass is 10.1. The van der Waals surface area contributed by atoms with Crippen LogP contribution in [0.3, 0.4) is 0 Å². The van der Waals surface area contributed by atoms with E-state index in [2.05, 4.69) is 45.1 Å². The molecule has 1 aromatic heterocycles. The fourth-order valence-electron chi connectivity index (χ4n) is 3.57. The summed E-state index contributed by atoms with van der Waals surface area (Å²) in [7, 11) is 0. The van der Waals surface area contributed by atoms with E-state index in [0.29, 0.717) is 11.9 Å². The van der Waals surface area contributed by atoms with E-state index in [1.54, 1.807) is 0 Å². The van der Waals surface area contributed by atoms with Crippen molar-refractivity contribution in [2.24, 2.45) is 0 Å². The number of hydrogen-bond acceptors (Lipinski definition) is 5. The molecule has 1 aromatic carbocycles. The summed E-state index contributed by atoms with van der Waals surface area (Å²) in [4.78, 5) is 9.11. The van der Waals surface area contributed by atoms with Crippen LogP contribution in [0.1, 0.15) is 5.56 Å². The summed E-state index contributed by atoms with van der Waals surface area (Å²) in [6.07, 6.45) is 2.12. The number of hydrogen-bond donors (Lipinski definition) is 1. The molecule has 120 valence electrons. The van der Waals surface area contributed by atoms with E-state index in [0.717, 1.165) is 38.5 Å². The van der Waals surface area contributed by atoms with Gasteiger partial charge in [-0.1, -0.05) is 30.3 Å². The third-order valence-corrected chi connectivity index (χ3v) is 4.78. The van der Waals surface area contributed by atoms with E-state index < -0.39 is 0 Å². The Hall–Kier alpha value is -2.11. The van der Waals surface area contributed by atoms with Gasteiger partial charge in [0.15, 0.2) is 0 Å². The number of aromatic nitrogens is 1. The third kappa shape index (κ3) is 3.02. The van der Waals surface area contributed by atoms with Crippen LogP contribution >= 0.6 is 0 Å². The molecule has 0 saturated carbocycles. The van der Waals surface area contributed by atoms with Gasteiger partial charge in [0.2, 0.25) is 0 Å². The highest BCUT2D eigenvalue weighted by Gasteiger charge is 2.40. The molecule has 2 aliphatic heterocycles.